The van der Waals surface area contributed by atoms with Gasteiger partial charge in [-0.05, 0) is 39.7 Å². The van der Waals surface area contributed by atoms with Gasteiger partial charge >= 0.3 is 0 Å². The maximum Gasteiger partial charge on any atom is 0.0565 e. The van der Waals surface area contributed by atoms with Crippen molar-refractivity contribution in [3.05, 3.63) is 0 Å². The Kier molecular flexibility index (Phi) is 4.74. The molecule has 0 radical (unpaired) electrons. The van der Waals surface area contributed by atoms with Crippen LogP contribution in [-0.4, -0.2) is 24.8 Å². The van der Waals surface area contributed by atoms with E-state index < -0.39 is 0 Å². The molecule has 1 unspecified atom stereocenters. The number of rotatable bonds is 4. The SMILES string of the molecule is CCCCNC1C[C@@H](C)O[C@@H](C)C1. The average Bonchev–Trinajstić information content (AvgIpc) is 2.03. The lowest BCUT2D eigenvalue weighted by atomic mass is 10.00. The maximum atomic E-state index is 5.68. The summed E-state index contributed by atoms with van der Waals surface area (Å²) in [7, 11) is 0. The Morgan fingerprint density at radius 2 is 1.85 bits per heavy atom. The van der Waals surface area contributed by atoms with Gasteiger partial charge in [0.1, 0.15) is 0 Å². The molecular formula is C11H23NO. The highest BCUT2D eigenvalue weighted by Crippen LogP contribution is 2.18. The van der Waals surface area contributed by atoms with Crippen molar-refractivity contribution in [2.24, 2.45) is 0 Å². The molecule has 0 amide bonds. The second-order valence-electron chi connectivity index (χ2n) is 4.23. The van der Waals surface area contributed by atoms with Crippen molar-refractivity contribution in [3.63, 3.8) is 0 Å². The summed E-state index contributed by atoms with van der Waals surface area (Å²) < 4.78 is 5.68. The predicted octanol–water partition coefficient (Wildman–Crippen LogP) is 2.33. The van der Waals surface area contributed by atoms with Crippen molar-refractivity contribution < 1.29 is 4.74 Å². The first-order chi connectivity index (χ1) is 6.22. The summed E-state index contributed by atoms with van der Waals surface area (Å²) in [5, 5.41) is 3.60. The molecule has 1 aliphatic heterocycles. The molecule has 1 rings (SSSR count). The molecule has 13 heavy (non-hydrogen) atoms. The van der Waals surface area contributed by atoms with Gasteiger partial charge in [-0.2, -0.15) is 0 Å². The Morgan fingerprint density at radius 1 is 1.23 bits per heavy atom. The van der Waals surface area contributed by atoms with Gasteiger partial charge in [0.2, 0.25) is 0 Å². The van der Waals surface area contributed by atoms with E-state index in [1.165, 1.54) is 32.2 Å². The first-order valence-corrected chi connectivity index (χ1v) is 5.61. The summed E-state index contributed by atoms with van der Waals surface area (Å²) in [6.07, 6.45) is 5.79. The lowest BCUT2D eigenvalue weighted by Crippen LogP contribution is -2.41. The zero-order valence-corrected chi connectivity index (χ0v) is 9.18. The van der Waals surface area contributed by atoms with E-state index in [9.17, 15) is 0 Å². The van der Waals surface area contributed by atoms with Gasteiger partial charge in [-0.1, -0.05) is 13.3 Å². The first kappa shape index (κ1) is 11.0. The fourth-order valence-corrected chi connectivity index (χ4v) is 2.05. The molecule has 78 valence electrons. The Morgan fingerprint density at radius 3 is 2.38 bits per heavy atom. The number of unbranched alkanes of at least 4 members (excludes halogenated alkanes) is 1. The molecule has 0 spiro atoms. The predicted molar refractivity (Wildman–Crippen MR) is 55.9 cm³/mol. The summed E-state index contributed by atoms with van der Waals surface area (Å²) in [5.74, 6) is 0. The summed E-state index contributed by atoms with van der Waals surface area (Å²) in [4.78, 5) is 0. The van der Waals surface area contributed by atoms with Crippen LogP contribution in [0.15, 0.2) is 0 Å². The molecule has 2 heteroatoms. The topological polar surface area (TPSA) is 21.3 Å². The van der Waals surface area contributed by atoms with E-state index >= 15 is 0 Å². The second-order valence-corrected chi connectivity index (χ2v) is 4.23. The van der Waals surface area contributed by atoms with Gasteiger partial charge in [0.25, 0.3) is 0 Å². The van der Waals surface area contributed by atoms with Gasteiger partial charge < -0.3 is 10.1 Å². The molecule has 0 aromatic heterocycles. The maximum absolute atomic E-state index is 5.68. The molecule has 1 aliphatic rings. The third kappa shape index (κ3) is 4.10. The van der Waals surface area contributed by atoms with Crippen molar-refractivity contribution in [1.29, 1.82) is 0 Å². The molecule has 2 nitrogen and oxygen atoms in total. The molecule has 0 aromatic rings. The highest BCUT2D eigenvalue weighted by molar-refractivity contribution is 4.78. The van der Waals surface area contributed by atoms with Gasteiger partial charge in [0, 0.05) is 6.04 Å². The summed E-state index contributed by atoms with van der Waals surface area (Å²) in [6, 6.07) is 0.685. The Balaban J connectivity index is 2.17. The highest BCUT2D eigenvalue weighted by atomic mass is 16.5. The van der Waals surface area contributed by atoms with Crippen LogP contribution in [0.3, 0.4) is 0 Å². The average molecular weight is 185 g/mol. The second kappa shape index (κ2) is 5.61. The minimum Gasteiger partial charge on any atom is -0.375 e. The Bertz CT molecular complexity index is 128. The molecule has 0 bridgehead atoms. The largest absolute Gasteiger partial charge is 0.375 e. The fourth-order valence-electron chi connectivity index (χ4n) is 2.05. The van der Waals surface area contributed by atoms with Gasteiger partial charge in [-0.15, -0.1) is 0 Å². The van der Waals surface area contributed by atoms with Crippen LogP contribution in [0.4, 0.5) is 0 Å². The molecule has 0 aromatic carbocycles. The molecule has 1 heterocycles. The van der Waals surface area contributed by atoms with Crippen molar-refractivity contribution in [1.82, 2.24) is 5.32 Å². The van der Waals surface area contributed by atoms with Crippen LogP contribution in [0.25, 0.3) is 0 Å². The highest BCUT2D eigenvalue weighted by Gasteiger charge is 2.23. The minimum absolute atomic E-state index is 0.433. The fraction of sp³-hybridized carbons (Fsp3) is 1.00. The van der Waals surface area contributed by atoms with E-state index in [1.54, 1.807) is 0 Å². The summed E-state index contributed by atoms with van der Waals surface area (Å²) >= 11 is 0. The van der Waals surface area contributed by atoms with Gasteiger partial charge in [0.05, 0.1) is 12.2 Å². The molecular weight excluding hydrogens is 162 g/mol. The van der Waals surface area contributed by atoms with Crippen molar-refractivity contribution >= 4 is 0 Å². The van der Waals surface area contributed by atoms with E-state index in [1.807, 2.05) is 0 Å². The van der Waals surface area contributed by atoms with Crippen LogP contribution in [0.5, 0.6) is 0 Å². The molecule has 1 N–H and O–H groups in total. The quantitative estimate of drug-likeness (QED) is 0.679. The number of nitrogens with one attached hydrogen (secondary N) is 1. The summed E-state index contributed by atoms with van der Waals surface area (Å²) in [6.45, 7) is 7.74. The monoisotopic (exact) mass is 185 g/mol. The third-order valence-electron chi connectivity index (χ3n) is 2.66. The minimum atomic E-state index is 0.433. The number of ether oxygens (including phenoxy) is 1. The van der Waals surface area contributed by atoms with Crippen molar-refractivity contribution in [2.45, 2.75) is 64.7 Å². The van der Waals surface area contributed by atoms with Gasteiger partial charge in [-0.3, -0.25) is 0 Å². The zero-order chi connectivity index (χ0) is 9.68. The number of hydrogen-bond donors (Lipinski definition) is 1. The summed E-state index contributed by atoms with van der Waals surface area (Å²) in [5.41, 5.74) is 0. The number of hydrogen-bond acceptors (Lipinski definition) is 2. The lowest BCUT2D eigenvalue weighted by Gasteiger charge is -2.32. The first-order valence-electron chi connectivity index (χ1n) is 5.61. The molecule has 0 saturated carbocycles. The van der Waals surface area contributed by atoms with Crippen molar-refractivity contribution in [2.75, 3.05) is 6.54 Å². The van der Waals surface area contributed by atoms with Gasteiger partial charge in [-0.25, -0.2) is 0 Å². The standard InChI is InChI=1S/C11H23NO/c1-4-5-6-12-11-7-9(2)13-10(3)8-11/h9-12H,4-8H2,1-3H3/t9-,10+,11?. The van der Waals surface area contributed by atoms with E-state index in [0.29, 0.717) is 18.2 Å². The lowest BCUT2D eigenvalue weighted by molar-refractivity contribution is -0.0419. The zero-order valence-electron chi connectivity index (χ0n) is 9.18. The molecule has 3 atom stereocenters. The van der Waals surface area contributed by atoms with Crippen LogP contribution in [0.1, 0.15) is 46.5 Å². The van der Waals surface area contributed by atoms with E-state index in [0.717, 1.165) is 0 Å². The van der Waals surface area contributed by atoms with Crippen LogP contribution >= 0.6 is 0 Å². The molecule has 1 saturated heterocycles. The van der Waals surface area contributed by atoms with Crippen LogP contribution in [0.2, 0.25) is 0 Å². The van der Waals surface area contributed by atoms with E-state index in [4.69, 9.17) is 4.74 Å². The van der Waals surface area contributed by atoms with Crippen LogP contribution in [-0.2, 0) is 4.74 Å². The van der Waals surface area contributed by atoms with Crippen LogP contribution < -0.4 is 5.32 Å². The van der Waals surface area contributed by atoms with Crippen molar-refractivity contribution in [3.8, 4) is 0 Å². The third-order valence-corrected chi connectivity index (χ3v) is 2.66. The Labute approximate surface area is 82.0 Å². The van der Waals surface area contributed by atoms with E-state index in [2.05, 4.69) is 26.1 Å². The van der Waals surface area contributed by atoms with E-state index in [-0.39, 0.29) is 0 Å². The van der Waals surface area contributed by atoms with Gasteiger partial charge in [0.15, 0.2) is 0 Å². The normalized spacial score (nSPS) is 34.8. The molecule has 1 fully saturated rings. The Hall–Kier alpha value is -0.0800. The smallest absolute Gasteiger partial charge is 0.0565 e. The molecule has 0 aliphatic carbocycles. The van der Waals surface area contributed by atoms with Crippen LogP contribution in [0, 0.1) is 0 Å².